The van der Waals surface area contributed by atoms with Crippen molar-refractivity contribution >= 4 is 29.3 Å². The lowest BCUT2D eigenvalue weighted by Gasteiger charge is -2.32. The molecule has 3 nitrogen and oxygen atoms in total. The van der Waals surface area contributed by atoms with Gasteiger partial charge in [0.1, 0.15) is 0 Å². The van der Waals surface area contributed by atoms with Crippen LogP contribution in [0.4, 0.5) is 0 Å². The fourth-order valence-corrected chi connectivity index (χ4v) is 2.17. The minimum atomic E-state index is -0.384. The summed E-state index contributed by atoms with van der Waals surface area (Å²) in [6.45, 7) is 5.26. The Morgan fingerprint density at radius 2 is 1.94 bits per heavy atom. The molecule has 0 spiro atoms. The van der Waals surface area contributed by atoms with Crippen molar-refractivity contribution < 1.29 is 4.79 Å². The van der Waals surface area contributed by atoms with Gasteiger partial charge in [-0.3, -0.25) is 9.69 Å². The second-order valence-electron chi connectivity index (χ2n) is 4.55. The lowest BCUT2D eigenvalue weighted by molar-refractivity contribution is 0.108. The van der Waals surface area contributed by atoms with Gasteiger partial charge < -0.3 is 4.90 Å². The zero-order valence-electron chi connectivity index (χ0n) is 10.4. The van der Waals surface area contributed by atoms with Gasteiger partial charge in [-0.15, -0.1) is 12.4 Å². The SMILES string of the molecule is CN1CCN(Cc2cccc(C(=O)Cl)c2)CC1.Cl. The summed E-state index contributed by atoms with van der Waals surface area (Å²) < 4.78 is 0. The van der Waals surface area contributed by atoms with Crippen molar-refractivity contribution in [2.45, 2.75) is 6.54 Å². The summed E-state index contributed by atoms with van der Waals surface area (Å²) in [7, 11) is 2.14. The Balaban J connectivity index is 0.00000162. The first-order chi connectivity index (χ1) is 8.15. The van der Waals surface area contributed by atoms with E-state index in [0.29, 0.717) is 5.56 Å². The number of hydrogen-bond acceptors (Lipinski definition) is 3. The summed E-state index contributed by atoms with van der Waals surface area (Å²) in [5, 5.41) is -0.384. The maximum atomic E-state index is 11.1. The van der Waals surface area contributed by atoms with E-state index in [1.807, 2.05) is 18.2 Å². The number of likely N-dealkylation sites (N-methyl/N-ethyl adjacent to an activating group) is 1. The van der Waals surface area contributed by atoms with Gasteiger partial charge in [0, 0.05) is 38.3 Å². The first-order valence-corrected chi connectivity index (χ1v) is 6.22. The van der Waals surface area contributed by atoms with Gasteiger partial charge in [0.2, 0.25) is 0 Å². The Labute approximate surface area is 119 Å². The summed E-state index contributed by atoms with van der Waals surface area (Å²) in [4.78, 5) is 15.8. The van der Waals surface area contributed by atoms with Crippen LogP contribution in [0.1, 0.15) is 15.9 Å². The summed E-state index contributed by atoms with van der Waals surface area (Å²) in [6.07, 6.45) is 0. The summed E-state index contributed by atoms with van der Waals surface area (Å²) >= 11 is 5.48. The third-order valence-electron chi connectivity index (χ3n) is 3.16. The molecule has 18 heavy (non-hydrogen) atoms. The molecule has 100 valence electrons. The average Bonchev–Trinajstić information content (AvgIpc) is 2.32. The van der Waals surface area contributed by atoms with E-state index in [2.05, 4.69) is 16.8 Å². The molecule has 0 aliphatic carbocycles. The maximum absolute atomic E-state index is 11.1. The van der Waals surface area contributed by atoms with Gasteiger partial charge in [-0.05, 0) is 30.3 Å². The van der Waals surface area contributed by atoms with Crippen LogP contribution in [0, 0.1) is 0 Å². The van der Waals surface area contributed by atoms with Crippen LogP contribution in [0.5, 0.6) is 0 Å². The largest absolute Gasteiger partial charge is 0.304 e. The van der Waals surface area contributed by atoms with E-state index in [1.165, 1.54) is 0 Å². The molecule has 5 heteroatoms. The summed E-state index contributed by atoms with van der Waals surface area (Å²) in [5.41, 5.74) is 1.74. The average molecular weight is 289 g/mol. The van der Waals surface area contributed by atoms with E-state index >= 15 is 0 Å². The van der Waals surface area contributed by atoms with E-state index < -0.39 is 0 Å². The number of nitrogens with zero attached hydrogens (tertiary/aromatic N) is 2. The molecule has 0 amide bonds. The van der Waals surface area contributed by atoms with Crippen molar-refractivity contribution in [1.29, 1.82) is 0 Å². The van der Waals surface area contributed by atoms with Gasteiger partial charge in [-0.2, -0.15) is 0 Å². The highest BCUT2D eigenvalue weighted by molar-refractivity contribution is 6.67. The van der Waals surface area contributed by atoms with E-state index in [0.717, 1.165) is 38.3 Å². The molecule has 1 heterocycles. The van der Waals surface area contributed by atoms with E-state index in [9.17, 15) is 4.79 Å². The molecule has 2 rings (SSSR count). The molecule has 1 fully saturated rings. The molecular weight excluding hydrogens is 271 g/mol. The molecule has 1 aliphatic heterocycles. The van der Waals surface area contributed by atoms with Crippen LogP contribution in [0.25, 0.3) is 0 Å². The summed E-state index contributed by atoms with van der Waals surface area (Å²) in [6, 6.07) is 7.57. The first kappa shape index (κ1) is 15.4. The first-order valence-electron chi connectivity index (χ1n) is 5.85. The van der Waals surface area contributed by atoms with Crippen molar-refractivity contribution in [2.75, 3.05) is 33.2 Å². The molecule has 0 unspecified atom stereocenters. The van der Waals surface area contributed by atoms with Crippen LogP contribution >= 0.6 is 24.0 Å². The predicted octanol–water partition coefficient (Wildman–Crippen LogP) is 2.23. The van der Waals surface area contributed by atoms with Crippen LogP contribution in [0.3, 0.4) is 0 Å². The highest BCUT2D eigenvalue weighted by Gasteiger charge is 2.14. The van der Waals surface area contributed by atoms with Crippen LogP contribution in [-0.2, 0) is 6.54 Å². The maximum Gasteiger partial charge on any atom is 0.252 e. The number of halogens is 2. The van der Waals surface area contributed by atoms with Gasteiger partial charge in [-0.1, -0.05) is 18.2 Å². The van der Waals surface area contributed by atoms with Gasteiger partial charge >= 0.3 is 0 Å². The second-order valence-corrected chi connectivity index (χ2v) is 4.90. The van der Waals surface area contributed by atoms with Gasteiger partial charge in [0.25, 0.3) is 5.24 Å². The van der Waals surface area contributed by atoms with Crippen LogP contribution in [0.2, 0.25) is 0 Å². The van der Waals surface area contributed by atoms with Crippen molar-refractivity contribution in [3.63, 3.8) is 0 Å². The number of rotatable bonds is 3. The molecule has 0 atom stereocenters. The van der Waals surface area contributed by atoms with Crippen LogP contribution in [-0.4, -0.2) is 48.3 Å². The molecular formula is C13H18Cl2N2O. The van der Waals surface area contributed by atoms with Crippen molar-refractivity contribution in [2.24, 2.45) is 0 Å². The monoisotopic (exact) mass is 288 g/mol. The van der Waals surface area contributed by atoms with E-state index in [-0.39, 0.29) is 17.6 Å². The van der Waals surface area contributed by atoms with Gasteiger partial charge in [0.05, 0.1) is 0 Å². The summed E-state index contributed by atoms with van der Waals surface area (Å²) in [5.74, 6) is 0. The number of carbonyl (C=O) groups excluding carboxylic acids is 1. The number of benzene rings is 1. The second kappa shape index (κ2) is 7.10. The lowest BCUT2D eigenvalue weighted by atomic mass is 10.1. The standard InChI is InChI=1S/C13H17ClN2O.ClH/c1-15-5-7-16(8-6-15)10-11-3-2-4-12(9-11)13(14)17;/h2-4,9H,5-8,10H2,1H3;1H. The molecule has 1 aliphatic rings. The Bertz CT molecular complexity index is 404. The molecule has 0 bridgehead atoms. The van der Waals surface area contributed by atoms with Crippen molar-refractivity contribution in [1.82, 2.24) is 9.80 Å². The van der Waals surface area contributed by atoms with Crippen molar-refractivity contribution in [3.8, 4) is 0 Å². The molecule has 0 N–H and O–H groups in total. The molecule has 1 aromatic rings. The fraction of sp³-hybridized carbons (Fsp3) is 0.462. The quantitative estimate of drug-likeness (QED) is 0.797. The highest BCUT2D eigenvalue weighted by atomic mass is 35.5. The van der Waals surface area contributed by atoms with Crippen LogP contribution in [0.15, 0.2) is 24.3 Å². The van der Waals surface area contributed by atoms with E-state index in [1.54, 1.807) is 6.07 Å². The lowest BCUT2D eigenvalue weighted by Crippen LogP contribution is -2.43. The fourth-order valence-electron chi connectivity index (χ4n) is 2.06. The molecule has 0 radical (unpaired) electrons. The molecule has 0 saturated carbocycles. The van der Waals surface area contributed by atoms with Gasteiger partial charge in [-0.25, -0.2) is 0 Å². The number of carbonyl (C=O) groups is 1. The number of piperazine rings is 1. The third-order valence-corrected chi connectivity index (χ3v) is 3.37. The third kappa shape index (κ3) is 4.25. The van der Waals surface area contributed by atoms with E-state index in [4.69, 9.17) is 11.6 Å². The Kier molecular flexibility index (Phi) is 6.09. The molecule has 1 saturated heterocycles. The molecule has 0 aromatic heterocycles. The minimum absolute atomic E-state index is 0. The zero-order chi connectivity index (χ0) is 12.3. The van der Waals surface area contributed by atoms with Crippen molar-refractivity contribution in [3.05, 3.63) is 35.4 Å². The predicted molar refractivity (Wildman–Crippen MR) is 76.6 cm³/mol. The van der Waals surface area contributed by atoms with Gasteiger partial charge in [0.15, 0.2) is 0 Å². The highest BCUT2D eigenvalue weighted by Crippen LogP contribution is 2.11. The zero-order valence-corrected chi connectivity index (χ0v) is 12.0. The van der Waals surface area contributed by atoms with Crippen LogP contribution < -0.4 is 0 Å². The smallest absolute Gasteiger partial charge is 0.252 e. The molecule has 1 aromatic carbocycles. The normalized spacial score (nSPS) is 17.2. The topological polar surface area (TPSA) is 23.6 Å². The Hall–Kier alpha value is -0.610. The minimum Gasteiger partial charge on any atom is -0.304 e. The Morgan fingerprint density at radius 3 is 2.56 bits per heavy atom. The Morgan fingerprint density at radius 1 is 1.28 bits per heavy atom. The number of hydrogen-bond donors (Lipinski definition) is 0.